The van der Waals surface area contributed by atoms with Crippen LogP contribution in [0.4, 0.5) is 5.82 Å². The summed E-state index contributed by atoms with van der Waals surface area (Å²) in [4.78, 5) is 16.4. The van der Waals surface area contributed by atoms with Crippen molar-refractivity contribution in [3.8, 4) is 0 Å². The second-order valence-electron chi connectivity index (χ2n) is 4.50. The number of nitrogens with one attached hydrogen (secondary N) is 2. The molecule has 19 heavy (non-hydrogen) atoms. The summed E-state index contributed by atoms with van der Waals surface area (Å²) in [5, 5.41) is 6.65. The smallest absolute Gasteiger partial charge is 0.251 e. The molecule has 0 aliphatic rings. The maximum atomic E-state index is 12.0. The lowest BCUT2D eigenvalue weighted by atomic mass is 10.2. The van der Waals surface area contributed by atoms with Gasteiger partial charge in [-0.1, -0.05) is 6.92 Å². The summed E-state index contributed by atoms with van der Waals surface area (Å²) in [6, 6.07) is 3.61. The molecular formula is C14H23N3OS. The van der Waals surface area contributed by atoms with Crippen molar-refractivity contribution in [2.45, 2.75) is 32.4 Å². The number of nitrogens with zero attached hydrogens (tertiary/aromatic N) is 1. The maximum absolute atomic E-state index is 12.0. The van der Waals surface area contributed by atoms with Gasteiger partial charge in [0.05, 0.1) is 0 Å². The predicted octanol–water partition coefficient (Wildman–Crippen LogP) is 2.69. The Balaban J connectivity index is 2.61. The van der Waals surface area contributed by atoms with Crippen molar-refractivity contribution in [1.82, 2.24) is 10.3 Å². The van der Waals surface area contributed by atoms with Gasteiger partial charge in [-0.2, -0.15) is 11.8 Å². The third-order valence-electron chi connectivity index (χ3n) is 2.81. The molecule has 1 aromatic heterocycles. The molecule has 1 heterocycles. The van der Waals surface area contributed by atoms with Crippen molar-refractivity contribution < 1.29 is 4.79 Å². The fraction of sp³-hybridized carbons (Fsp3) is 0.571. The van der Waals surface area contributed by atoms with Crippen LogP contribution in [0.15, 0.2) is 12.1 Å². The number of amides is 1. The zero-order valence-electron chi connectivity index (χ0n) is 12.1. The summed E-state index contributed by atoms with van der Waals surface area (Å²) in [5.41, 5.74) is 1.52. The molecule has 0 fully saturated rings. The molecule has 0 spiro atoms. The second kappa shape index (κ2) is 8.04. The van der Waals surface area contributed by atoms with E-state index in [1.54, 1.807) is 6.07 Å². The Morgan fingerprint density at radius 3 is 2.84 bits per heavy atom. The van der Waals surface area contributed by atoms with Crippen molar-refractivity contribution in [3.05, 3.63) is 23.4 Å². The van der Waals surface area contributed by atoms with Crippen LogP contribution in [0.5, 0.6) is 0 Å². The molecule has 106 valence electrons. The molecular weight excluding hydrogens is 258 g/mol. The monoisotopic (exact) mass is 281 g/mol. The van der Waals surface area contributed by atoms with Gasteiger partial charge < -0.3 is 10.6 Å². The van der Waals surface area contributed by atoms with Crippen molar-refractivity contribution >= 4 is 23.5 Å². The summed E-state index contributed by atoms with van der Waals surface area (Å²) < 4.78 is 0. The van der Waals surface area contributed by atoms with E-state index in [0.29, 0.717) is 17.4 Å². The van der Waals surface area contributed by atoms with Crippen molar-refractivity contribution in [3.63, 3.8) is 0 Å². The Labute approximate surface area is 119 Å². The van der Waals surface area contributed by atoms with E-state index in [-0.39, 0.29) is 5.91 Å². The van der Waals surface area contributed by atoms with E-state index in [0.717, 1.165) is 24.5 Å². The molecule has 1 atom stereocenters. The Morgan fingerprint density at radius 1 is 1.47 bits per heavy atom. The van der Waals surface area contributed by atoms with E-state index in [1.165, 1.54) is 0 Å². The summed E-state index contributed by atoms with van der Waals surface area (Å²) in [7, 11) is 0. The van der Waals surface area contributed by atoms with Gasteiger partial charge >= 0.3 is 0 Å². The number of pyridine rings is 1. The Hall–Kier alpha value is -1.23. The highest BCUT2D eigenvalue weighted by atomic mass is 32.2. The number of aryl methyl sites for hydroxylation is 1. The average Bonchev–Trinajstić information content (AvgIpc) is 2.38. The largest absolute Gasteiger partial charge is 0.370 e. The van der Waals surface area contributed by atoms with Crippen molar-refractivity contribution in [2.75, 3.05) is 24.7 Å². The van der Waals surface area contributed by atoms with Gasteiger partial charge in [-0.3, -0.25) is 4.79 Å². The molecule has 1 unspecified atom stereocenters. The fourth-order valence-electron chi connectivity index (χ4n) is 1.68. The first kappa shape index (κ1) is 15.8. The zero-order chi connectivity index (χ0) is 14.3. The summed E-state index contributed by atoms with van der Waals surface area (Å²) in [5.74, 6) is 0.725. The molecule has 0 bridgehead atoms. The van der Waals surface area contributed by atoms with Gasteiger partial charge in [0.2, 0.25) is 0 Å². The van der Waals surface area contributed by atoms with Crippen LogP contribution in [0.3, 0.4) is 0 Å². The normalized spacial score (nSPS) is 12.0. The van der Waals surface area contributed by atoms with Gasteiger partial charge in [-0.25, -0.2) is 4.98 Å². The van der Waals surface area contributed by atoms with E-state index in [1.807, 2.05) is 31.7 Å². The summed E-state index contributed by atoms with van der Waals surface area (Å²) in [6.45, 7) is 7.57. The topological polar surface area (TPSA) is 54.0 Å². The number of carbonyl (C=O) groups is 1. The highest BCUT2D eigenvalue weighted by Gasteiger charge is 2.08. The maximum Gasteiger partial charge on any atom is 0.251 e. The third kappa shape index (κ3) is 5.51. The molecule has 0 aliphatic carbocycles. The van der Waals surface area contributed by atoms with Gasteiger partial charge in [-0.05, 0) is 38.7 Å². The first-order valence-electron chi connectivity index (χ1n) is 6.60. The van der Waals surface area contributed by atoms with Gasteiger partial charge in [0, 0.05) is 29.6 Å². The Bertz CT molecular complexity index is 423. The van der Waals surface area contributed by atoms with Crippen LogP contribution in [0, 0.1) is 6.92 Å². The standard InChI is InChI=1S/C14H23N3OS/c1-5-15-13-9-12(8-10(2)17-13)14(18)16-7-6-11(3)19-4/h8-9,11H,5-7H2,1-4H3,(H,15,17)(H,16,18). The number of anilines is 1. The van der Waals surface area contributed by atoms with E-state index in [9.17, 15) is 4.79 Å². The number of aromatic nitrogens is 1. The molecule has 1 rings (SSSR count). The number of thioether (sulfide) groups is 1. The Kier molecular flexibility index (Phi) is 6.70. The summed E-state index contributed by atoms with van der Waals surface area (Å²) in [6.07, 6.45) is 3.07. The minimum absolute atomic E-state index is 0.0297. The molecule has 4 nitrogen and oxygen atoms in total. The molecule has 0 saturated carbocycles. The Morgan fingerprint density at radius 2 is 2.21 bits per heavy atom. The molecule has 0 radical (unpaired) electrons. The highest BCUT2D eigenvalue weighted by molar-refractivity contribution is 7.99. The fourth-order valence-corrected chi connectivity index (χ4v) is 2.03. The van der Waals surface area contributed by atoms with Gasteiger partial charge in [0.25, 0.3) is 5.91 Å². The lowest BCUT2D eigenvalue weighted by Crippen LogP contribution is -2.26. The first-order valence-corrected chi connectivity index (χ1v) is 7.89. The zero-order valence-corrected chi connectivity index (χ0v) is 12.9. The molecule has 5 heteroatoms. The molecule has 0 aliphatic heterocycles. The van der Waals surface area contributed by atoms with Crippen LogP contribution in [-0.2, 0) is 0 Å². The molecule has 0 saturated heterocycles. The van der Waals surface area contributed by atoms with Gasteiger partial charge in [0.1, 0.15) is 5.82 Å². The van der Waals surface area contributed by atoms with E-state index in [2.05, 4.69) is 28.8 Å². The van der Waals surface area contributed by atoms with E-state index < -0.39 is 0 Å². The quantitative estimate of drug-likeness (QED) is 0.807. The highest BCUT2D eigenvalue weighted by Crippen LogP contribution is 2.11. The first-order chi connectivity index (χ1) is 9.06. The molecule has 0 aromatic carbocycles. The molecule has 1 aromatic rings. The lowest BCUT2D eigenvalue weighted by Gasteiger charge is -2.10. The third-order valence-corrected chi connectivity index (χ3v) is 3.85. The predicted molar refractivity (Wildman–Crippen MR) is 83.1 cm³/mol. The van der Waals surface area contributed by atoms with Gasteiger partial charge in [0.15, 0.2) is 0 Å². The minimum Gasteiger partial charge on any atom is -0.370 e. The van der Waals surface area contributed by atoms with Crippen molar-refractivity contribution in [1.29, 1.82) is 0 Å². The van der Waals surface area contributed by atoms with Crippen LogP contribution < -0.4 is 10.6 Å². The lowest BCUT2D eigenvalue weighted by molar-refractivity contribution is 0.0953. The van der Waals surface area contributed by atoms with Crippen LogP contribution >= 0.6 is 11.8 Å². The number of hydrogen-bond acceptors (Lipinski definition) is 4. The van der Waals surface area contributed by atoms with Crippen LogP contribution in [0.1, 0.15) is 36.3 Å². The van der Waals surface area contributed by atoms with Crippen LogP contribution in [-0.4, -0.2) is 35.5 Å². The SMILES string of the molecule is CCNc1cc(C(=O)NCCC(C)SC)cc(C)n1. The van der Waals surface area contributed by atoms with E-state index in [4.69, 9.17) is 0 Å². The number of hydrogen-bond donors (Lipinski definition) is 2. The average molecular weight is 281 g/mol. The number of rotatable bonds is 7. The minimum atomic E-state index is -0.0297. The molecule has 1 amide bonds. The van der Waals surface area contributed by atoms with E-state index >= 15 is 0 Å². The number of carbonyl (C=O) groups excluding carboxylic acids is 1. The second-order valence-corrected chi connectivity index (χ2v) is 5.78. The summed E-state index contributed by atoms with van der Waals surface area (Å²) >= 11 is 1.81. The molecule has 2 N–H and O–H groups in total. The van der Waals surface area contributed by atoms with Crippen LogP contribution in [0.2, 0.25) is 0 Å². The van der Waals surface area contributed by atoms with Crippen LogP contribution in [0.25, 0.3) is 0 Å². The van der Waals surface area contributed by atoms with Crippen molar-refractivity contribution in [2.24, 2.45) is 0 Å². The van der Waals surface area contributed by atoms with Gasteiger partial charge in [-0.15, -0.1) is 0 Å².